The fourth-order valence-corrected chi connectivity index (χ4v) is 1.97. The third-order valence-corrected chi connectivity index (χ3v) is 3.07. The van der Waals surface area contributed by atoms with Crippen molar-refractivity contribution >= 4 is 24.1 Å². The highest BCUT2D eigenvalue weighted by molar-refractivity contribution is 6.04. The summed E-state index contributed by atoms with van der Waals surface area (Å²) in [6.07, 6.45) is 4.67. The molecule has 0 aliphatic carbocycles. The van der Waals surface area contributed by atoms with Crippen LogP contribution in [0, 0.1) is 0 Å². The summed E-state index contributed by atoms with van der Waals surface area (Å²) >= 11 is 0. The number of esters is 1. The minimum absolute atomic E-state index is 0.0230. The van der Waals surface area contributed by atoms with E-state index in [1.165, 1.54) is 31.7 Å². The van der Waals surface area contributed by atoms with Crippen LogP contribution in [0.3, 0.4) is 0 Å². The van der Waals surface area contributed by atoms with E-state index in [1.54, 1.807) is 13.1 Å². The molecule has 0 amide bonds. The molecule has 0 bridgehead atoms. The van der Waals surface area contributed by atoms with Crippen molar-refractivity contribution < 1.29 is 9.53 Å². The molecule has 2 heterocycles. The third kappa shape index (κ3) is 3.51. The zero-order chi connectivity index (χ0) is 16.8. The summed E-state index contributed by atoms with van der Waals surface area (Å²) in [7, 11) is 2.96. The third-order valence-electron chi connectivity index (χ3n) is 3.07. The van der Waals surface area contributed by atoms with Crippen LogP contribution in [0.1, 0.15) is 10.5 Å². The minimum atomic E-state index is -0.631. The van der Waals surface area contributed by atoms with E-state index in [2.05, 4.69) is 25.2 Å². The number of hydrogen-bond donors (Lipinski definition) is 2. The van der Waals surface area contributed by atoms with Gasteiger partial charge in [-0.1, -0.05) is 0 Å². The molecule has 0 aromatic carbocycles. The second-order valence-corrected chi connectivity index (χ2v) is 4.47. The summed E-state index contributed by atoms with van der Waals surface area (Å²) in [6.45, 7) is 0.400. The molecule has 23 heavy (non-hydrogen) atoms. The Bertz CT molecular complexity index is 788. The largest absolute Gasteiger partial charge is 0.464 e. The van der Waals surface area contributed by atoms with Gasteiger partial charge in [-0.15, -0.1) is 0 Å². The molecule has 0 radical (unpaired) electrons. The molecule has 9 nitrogen and oxygen atoms in total. The number of nitrogens with two attached hydrogens (primary N) is 1. The van der Waals surface area contributed by atoms with Crippen LogP contribution < -0.4 is 16.7 Å². The summed E-state index contributed by atoms with van der Waals surface area (Å²) in [5, 5.41) is 10.4. The lowest BCUT2D eigenvalue weighted by Gasteiger charge is -2.13. The maximum Gasteiger partial charge on any atom is 0.358 e. The van der Waals surface area contributed by atoms with Gasteiger partial charge in [0.1, 0.15) is 0 Å². The van der Waals surface area contributed by atoms with Crippen LogP contribution in [0.25, 0.3) is 5.70 Å². The zero-order valence-corrected chi connectivity index (χ0v) is 12.7. The van der Waals surface area contributed by atoms with E-state index in [0.717, 1.165) is 10.3 Å². The number of hydrogen-bond acceptors (Lipinski definition) is 8. The quantitative estimate of drug-likeness (QED) is 0.330. The molecule has 3 N–H and O–H groups in total. The molecule has 0 fully saturated rings. The standard InChI is InChI=1S/C14H16N6O3/c1-16-12(8-18-15)9-5-10(7-17-6-9)20-13(21)4-3-11(19-20)14(22)23-2/h3-5,7-8,16H,6,15H2,1-2H3. The van der Waals surface area contributed by atoms with Crippen LogP contribution in [0.4, 0.5) is 0 Å². The van der Waals surface area contributed by atoms with E-state index in [4.69, 9.17) is 5.84 Å². The minimum Gasteiger partial charge on any atom is -0.464 e. The molecule has 1 aromatic rings. The number of nitrogens with zero attached hydrogens (tertiary/aromatic N) is 4. The molecule has 120 valence electrons. The Labute approximate surface area is 131 Å². The highest BCUT2D eigenvalue weighted by Crippen LogP contribution is 2.13. The van der Waals surface area contributed by atoms with Crippen LogP contribution in [-0.4, -0.2) is 48.9 Å². The lowest BCUT2D eigenvalue weighted by atomic mass is 10.1. The van der Waals surface area contributed by atoms with Crippen LogP contribution >= 0.6 is 0 Å². The normalized spacial score (nSPS) is 16.2. The number of allylic oxidation sites excluding steroid dienone is 2. The molecule has 0 saturated heterocycles. The maximum atomic E-state index is 12.0. The topological polar surface area (TPSA) is 124 Å². The second kappa shape index (κ2) is 7.16. The van der Waals surface area contributed by atoms with Crippen LogP contribution in [0.15, 0.2) is 44.4 Å². The lowest BCUT2D eigenvalue weighted by Crippen LogP contribution is -2.26. The number of ether oxygens (including phenoxy) is 1. The summed E-state index contributed by atoms with van der Waals surface area (Å²) in [6, 6.07) is 2.55. The van der Waals surface area contributed by atoms with Gasteiger partial charge < -0.3 is 15.9 Å². The number of aromatic nitrogens is 2. The summed E-state index contributed by atoms with van der Waals surface area (Å²) in [4.78, 5) is 27.8. The molecule has 9 heteroatoms. The maximum absolute atomic E-state index is 12.0. The molecule has 1 aliphatic rings. The number of nitrogens with one attached hydrogen (secondary N) is 1. The molecule has 0 spiro atoms. The molecule has 1 aromatic heterocycles. The Kier molecular flexibility index (Phi) is 5.03. The van der Waals surface area contributed by atoms with Crippen molar-refractivity contribution in [3.63, 3.8) is 0 Å². The number of aliphatic imine (C=N–C) groups is 1. The number of carbonyl (C=O) groups excluding carboxylic acids is 1. The summed E-state index contributed by atoms with van der Waals surface area (Å²) < 4.78 is 5.69. The van der Waals surface area contributed by atoms with Crippen molar-refractivity contribution in [2.45, 2.75) is 0 Å². The first-order chi connectivity index (χ1) is 11.1. The van der Waals surface area contributed by atoms with Gasteiger partial charge in [-0.3, -0.25) is 9.79 Å². The number of hydrazone groups is 1. The van der Waals surface area contributed by atoms with Crippen LogP contribution in [0.2, 0.25) is 0 Å². The Morgan fingerprint density at radius 2 is 2.30 bits per heavy atom. The molecule has 0 unspecified atom stereocenters. The van der Waals surface area contributed by atoms with E-state index >= 15 is 0 Å². The van der Waals surface area contributed by atoms with E-state index in [0.29, 0.717) is 17.9 Å². The first-order valence-corrected chi connectivity index (χ1v) is 6.65. The highest BCUT2D eigenvalue weighted by atomic mass is 16.5. The first kappa shape index (κ1) is 16.1. The molecular weight excluding hydrogens is 300 g/mol. The smallest absolute Gasteiger partial charge is 0.358 e. The van der Waals surface area contributed by atoms with Crippen LogP contribution in [-0.2, 0) is 4.74 Å². The van der Waals surface area contributed by atoms with Gasteiger partial charge in [-0.25, -0.2) is 4.79 Å². The molecule has 2 rings (SSSR count). The second-order valence-electron chi connectivity index (χ2n) is 4.47. The van der Waals surface area contributed by atoms with Crippen molar-refractivity contribution in [1.82, 2.24) is 15.1 Å². The first-order valence-electron chi connectivity index (χ1n) is 6.65. The van der Waals surface area contributed by atoms with E-state index in [9.17, 15) is 9.59 Å². The van der Waals surface area contributed by atoms with Gasteiger partial charge in [0.2, 0.25) is 0 Å². The monoisotopic (exact) mass is 316 g/mol. The molecule has 1 aliphatic heterocycles. The van der Waals surface area contributed by atoms with Crippen molar-refractivity contribution in [1.29, 1.82) is 0 Å². The van der Waals surface area contributed by atoms with Gasteiger partial charge in [0.25, 0.3) is 5.56 Å². The number of rotatable bonds is 4. The van der Waals surface area contributed by atoms with E-state index in [1.807, 2.05) is 0 Å². The number of methoxy groups -OCH3 is 1. The van der Waals surface area contributed by atoms with Gasteiger partial charge in [0.15, 0.2) is 5.69 Å². The zero-order valence-electron chi connectivity index (χ0n) is 12.7. The fraction of sp³-hybridized carbons (Fsp3) is 0.214. The summed E-state index contributed by atoms with van der Waals surface area (Å²) in [5.41, 5.74) is 1.49. The predicted octanol–water partition coefficient (Wildman–Crippen LogP) is -0.627. The highest BCUT2D eigenvalue weighted by Gasteiger charge is 2.14. The predicted molar refractivity (Wildman–Crippen MR) is 86.2 cm³/mol. The summed E-state index contributed by atoms with van der Waals surface area (Å²) in [5.74, 6) is 4.54. The Morgan fingerprint density at radius 1 is 1.52 bits per heavy atom. The number of dihydropyridines is 1. The lowest BCUT2D eigenvalue weighted by molar-refractivity contribution is 0.0592. The van der Waals surface area contributed by atoms with Crippen molar-refractivity contribution in [2.24, 2.45) is 15.9 Å². The average Bonchev–Trinajstić information content (AvgIpc) is 2.59. The molecule has 0 atom stereocenters. The Balaban J connectivity index is 2.53. The fourth-order valence-electron chi connectivity index (χ4n) is 1.97. The SMILES string of the molecule is CNC(C=NN)=C1C=C(n2nc(C(=O)OC)ccc2=O)C=NC1. The molecular formula is C14H16N6O3. The van der Waals surface area contributed by atoms with E-state index < -0.39 is 11.5 Å². The average molecular weight is 316 g/mol. The van der Waals surface area contributed by atoms with Crippen molar-refractivity contribution in [2.75, 3.05) is 20.7 Å². The Hall–Kier alpha value is -3.23. The van der Waals surface area contributed by atoms with Crippen molar-refractivity contribution in [3.8, 4) is 0 Å². The molecule has 0 saturated carbocycles. The number of carbonyl (C=O) groups is 1. The van der Waals surface area contributed by atoms with E-state index in [-0.39, 0.29) is 5.69 Å². The van der Waals surface area contributed by atoms with Gasteiger partial charge in [-0.05, 0) is 12.1 Å². The van der Waals surface area contributed by atoms with Crippen molar-refractivity contribution in [3.05, 3.63) is 45.5 Å². The van der Waals surface area contributed by atoms with Gasteiger partial charge in [-0.2, -0.15) is 14.9 Å². The van der Waals surface area contributed by atoms with Gasteiger partial charge in [0, 0.05) is 24.9 Å². The van der Waals surface area contributed by atoms with Crippen LogP contribution in [0.5, 0.6) is 0 Å². The van der Waals surface area contributed by atoms with Gasteiger partial charge >= 0.3 is 5.97 Å². The Morgan fingerprint density at radius 3 is 2.96 bits per heavy atom. The van der Waals surface area contributed by atoms with Gasteiger partial charge in [0.05, 0.1) is 31.3 Å².